The summed E-state index contributed by atoms with van der Waals surface area (Å²) in [6.07, 6.45) is 9.53. The van der Waals surface area contributed by atoms with Crippen LogP contribution in [0.25, 0.3) is 0 Å². The molecule has 3 N–H and O–H groups in total. The van der Waals surface area contributed by atoms with Gasteiger partial charge in [0, 0.05) is 127 Å². The first kappa shape index (κ1) is 58.2. The van der Waals surface area contributed by atoms with Crippen molar-refractivity contribution in [3.63, 3.8) is 0 Å². The van der Waals surface area contributed by atoms with E-state index in [1.54, 1.807) is 0 Å². The van der Waals surface area contributed by atoms with Gasteiger partial charge < -0.3 is 53.8 Å². The van der Waals surface area contributed by atoms with Gasteiger partial charge in [0.05, 0.1) is 12.5 Å². The van der Waals surface area contributed by atoms with Crippen LogP contribution in [0.1, 0.15) is 111 Å². The van der Waals surface area contributed by atoms with Gasteiger partial charge in [0.25, 0.3) is 0 Å². The maximum absolute atomic E-state index is 12.5. The van der Waals surface area contributed by atoms with Gasteiger partial charge in [-0.3, -0.25) is 14.4 Å². The maximum Gasteiger partial charge on any atom is 0.245 e. The van der Waals surface area contributed by atoms with Crippen molar-refractivity contribution in [2.45, 2.75) is 123 Å². The van der Waals surface area contributed by atoms with E-state index < -0.39 is 0 Å². The molecule has 14 nitrogen and oxygen atoms in total. The molecule has 0 fully saturated rings. The second-order valence-electron chi connectivity index (χ2n) is 16.7. The molecule has 0 spiro atoms. The Bertz CT molecular complexity index is 1220. The predicted molar refractivity (Wildman–Crippen MR) is 253 cm³/mol. The van der Waals surface area contributed by atoms with Crippen LogP contribution >= 0.6 is 22.6 Å². The number of carbonyl (C=O) groups excluding carboxylic acids is 3. The molecule has 0 saturated carbocycles. The van der Waals surface area contributed by atoms with Gasteiger partial charge in [-0.25, -0.2) is 0 Å². The highest BCUT2D eigenvalue weighted by atomic mass is 127. The first-order valence-corrected chi connectivity index (χ1v) is 24.3. The summed E-state index contributed by atoms with van der Waals surface area (Å²) < 4.78 is 46.2. The van der Waals surface area contributed by atoms with E-state index >= 15 is 0 Å². The Morgan fingerprint density at radius 2 is 0.887 bits per heavy atom. The summed E-state index contributed by atoms with van der Waals surface area (Å²) in [5.41, 5.74) is 0.898. The standard InChI is InChI=1S/C47H84IN3O11/c1-40(2)46(54)43(51-47(3,4)5)16-6-7-21-50-45(53)39-62-37-15-36-61-35-14-34-60-33-13-32-59-31-12-30-58-29-11-28-57-27-10-26-56-25-9-24-55-23-8-22-49-44(52)38-41-17-19-42(48)20-18-41/h17-20,40,43,51H,6-16,21-39H2,1-5H3,(H,49,52)(H,50,53)/t43-/m1/s1. The highest BCUT2D eigenvalue weighted by molar-refractivity contribution is 14.1. The van der Waals surface area contributed by atoms with Crippen LogP contribution in [0.5, 0.6) is 0 Å². The van der Waals surface area contributed by atoms with Crippen LogP contribution in [-0.2, 0) is 58.7 Å². The van der Waals surface area contributed by atoms with Gasteiger partial charge in [0.2, 0.25) is 11.8 Å². The molecule has 0 bridgehead atoms. The summed E-state index contributed by atoms with van der Waals surface area (Å²) in [4.78, 5) is 36.6. The van der Waals surface area contributed by atoms with Crippen molar-refractivity contribution < 1.29 is 52.3 Å². The van der Waals surface area contributed by atoms with Crippen LogP contribution in [0.3, 0.4) is 0 Å². The van der Waals surface area contributed by atoms with Gasteiger partial charge >= 0.3 is 0 Å². The van der Waals surface area contributed by atoms with Crippen molar-refractivity contribution in [2.75, 3.05) is 119 Å². The van der Waals surface area contributed by atoms with Crippen LogP contribution in [0.2, 0.25) is 0 Å². The molecule has 2 amide bonds. The van der Waals surface area contributed by atoms with Crippen molar-refractivity contribution >= 4 is 40.2 Å². The van der Waals surface area contributed by atoms with Crippen molar-refractivity contribution in [1.82, 2.24) is 16.0 Å². The molecule has 62 heavy (non-hydrogen) atoms. The van der Waals surface area contributed by atoms with Crippen LogP contribution in [0.4, 0.5) is 0 Å². The molecule has 0 unspecified atom stereocenters. The number of unbranched alkanes of at least 4 members (excludes halogenated alkanes) is 1. The predicted octanol–water partition coefficient (Wildman–Crippen LogP) is 6.47. The van der Waals surface area contributed by atoms with Crippen molar-refractivity contribution in [3.8, 4) is 0 Å². The Balaban J connectivity index is 1.71. The largest absolute Gasteiger partial charge is 0.381 e. The minimum atomic E-state index is -0.156. The summed E-state index contributed by atoms with van der Waals surface area (Å²) in [5, 5.41) is 9.28. The number of amides is 2. The minimum Gasteiger partial charge on any atom is -0.381 e. The second kappa shape index (κ2) is 40.7. The molecule has 0 aliphatic carbocycles. The average Bonchev–Trinajstić information content (AvgIpc) is 3.23. The average molecular weight is 994 g/mol. The molecule has 1 atom stereocenters. The fourth-order valence-electron chi connectivity index (χ4n) is 5.94. The summed E-state index contributed by atoms with van der Waals surface area (Å²) in [7, 11) is 0. The Hall–Kier alpha value is -1.80. The zero-order valence-corrected chi connectivity index (χ0v) is 41.2. The third-order valence-corrected chi connectivity index (χ3v) is 9.82. The number of ketones is 1. The lowest BCUT2D eigenvalue weighted by molar-refractivity contribution is -0.126. The lowest BCUT2D eigenvalue weighted by atomic mass is 9.94. The maximum atomic E-state index is 12.5. The number of halogens is 1. The number of hydrogen-bond donors (Lipinski definition) is 3. The monoisotopic (exact) mass is 994 g/mol. The Kier molecular flexibility index (Phi) is 38.2. The van der Waals surface area contributed by atoms with E-state index in [1.807, 2.05) is 38.1 Å². The number of Topliss-reactive ketones (excluding diaryl/α,β-unsaturated/α-hetero) is 1. The molecular formula is C47H84IN3O11. The van der Waals surface area contributed by atoms with E-state index in [2.05, 4.69) is 59.3 Å². The summed E-state index contributed by atoms with van der Waals surface area (Å²) in [6, 6.07) is 7.84. The van der Waals surface area contributed by atoms with E-state index in [0.29, 0.717) is 119 Å². The smallest absolute Gasteiger partial charge is 0.245 e. The zero-order valence-electron chi connectivity index (χ0n) is 39.0. The van der Waals surface area contributed by atoms with Gasteiger partial charge in [-0.1, -0.05) is 26.0 Å². The zero-order chi connectivity index (χ0) is 45.4. The lowest BCUT2D eigenvalue weighted by Crippen LogP contribution is -2.49. The number of ether oxygens (including phenoxy) is 8. The van der Waals surface area contributed by atoms with Gasteiger partial charge in [0.1, 0.15) is 6.61 Å². The van der Waals surface area contributed by atoms with Gasteiger partial charge in [-0.05, 0) is 132 Å². The van der Waals surface area contributed by atoms with Crippen molar-refractivity contribution in [1.29, 1.82) is 0 Å². The molecule has 1 aromatic rings. The SMILES string of the molecule is CC(C)C(=O)[C@@H](CCCCNC(=O)COCCCOCCCOCCCOCCCOCCCOCCCOCCCOCCCNC(=O)Cc1ccc(I)cc1)NC(C)(C)C. The molecule has 0 radical (unpaired) electrons. The van der Waals surface area contributed by atoms with Gasteiger partial charge in [-0.2, -0.15) is 0 Å². The van der Waals surface area contributed by atoms with E-state index in [0.717, 1.165) is 79.8 Å². The quantitative estimate of drug-likeness (QED) is 0.0484. The summed E-state index contributed by atoms with van der Waals surface area (Å²) in [5.74, 6) is 0.156. The first-order chi connectivity index (χ1) is 30.0. The van der Waals surface area contributed by atoms with Crippen LogP contribution in [-0.4, -0.2) is 148 Å². The molecular weight excluding hydrogens is 909 g/mol. The molecule has 0 saturated heterocycles. The fraction of sp³-hybridized carbons (Fsp3) is 0.809. The molecule has 15 heteroatoms. The van der Waals surface area contributed by atoms with E-state index in [1.165, 1.54) is 0 Å². The highest BCUT2D eigenvalue weighted by Crippen LogP contribution is 2.12. The topological polar surface area (TPSA) is 161 Å². The number of benzene rings is 1. The van der Waals surface area contributed by atoms with E-state index in [4.69, 9.17) is 37.9 Å². The molecule has 0 heterocycles. The highest BCUT2D eigenvalue weighted by Gasteiger charge is 2.25. The van der Waals surface area contributed by atoms with Gasteiger partial charge in [-0.15, -0.1) is 0 Å². The van der Waals surface area contributed by atoms with Crippen molar-refractivity contribution in [3.05, 3.63) is 33.4 Å². The lowest BCUT2D eigenvalue weighted by Gasteiger charge is -2.29. The number of hydrogen-bond acceptors (Lipinski definition) is 12. The van der Waals surface area contributed by atoms with Gasteiger partial charge in [0.15, 0.2) is 5.78 Å². The third kappa shape index (κ3) is 38.6. The summed E-state index contributed by atoms with van der Waals surface area (Å²) >= 11 is 2.26. The van der Waals surface area contributed by atoms with Crippen LogP contribution < -0.4 is 16.0 Å². The fourth-order valence-corrected chi connectivity index (χ4v) is 6.30. The first-order valence-electron chi connectivity index (χ1n) is 23.2. The van der Waals surface area contributed by atoms with E-state index in [9.17, 15) is 14.4 Å². The van der Waals surface area contributed by atoms with Crippen LogP contribution in [0.15, 0.2) is 24.3 Å². The van der Waals surface area contributed by atoms with E-state index in [-0.39, 0.29) is 41.7 Å². The second-order valence-corrected chi connectivity index (χ2v) is 17.9. The molecule has 0 aliphatic heterocycles. The Labute approximate surface area is 388 Å². The number of rotatable bonds is 44. The normalized spacial score (nSPS) is 12.2. The Morgan fingerprint density at radius 1 is 0.516 bits per heavy atom. The number of nitrogens with one attached hydrogen (secondary N) is 3. The molecule has 1 aromatic carbocycles. The molecule has 1 rings (SSSR count). The van der Waals surface area contributed by atoms with Crippen molar-refractivity contribution in [2.24, 2.45) is 5.92 Å². The third-order valence-electron chi connectivity index (χ3n) is 9.10. The minimum absolute atomic E-state index is 0.00382. The molecule has 0 aromatic heterocycles. The Morgan fingerprint density at radius 3 is 1.29 bits per heavy atom. The summed E-state index contributed by atoms with van der Waals surface area (Å²) in [6.45, 7) is 21.1. The molecule has 360 valence electrons. The van der Waals surface area contributed by atoms with Crippen LogP contribution in [0, 0.1) is 9.49 Å². The number of carbonyl (C=O) groups is 3. The molecule has 0 aliphatic rings.